The van der Waals surface area contributed by atoms with Crippen molar-refractivity contribution in [3.63, 3.8) is 0 Å². The molecule has 11 heteroatoms. The lowest BCUT2D eigenvalue weighted by Crippen LogP contribution is -2.03. The number of ether oxygens (including phenoxy) is 1. The van der Waals surface area contributed by atoms with Crippen LogP contribution in [0.25, 0.3) is 10.9 Å². The smallest absolute Gasteiger partial charge is 0.352 e. The first-order chi connectivity index (χ1) is 15.1. The summed E-state index contributed by atoms with van der Waals surface area (Å²) in [6.07, 6.45) is 0. The molecule has 32 heavy (non-hydrogen) atoms. The maximum absolute atomic E-state index is 13.2. The van der Waals surface area contributed by atoms with E-state index < -0.39 is 32.3 Å². The van der Waals surface area contributed by atoms with Crippen molar-refractivity contribution in [3.05, 3.63) is 76.2 Å². The van der Waals surface area contributed by atoms with Crippen molar-refractivity contribution in [2.45, 2.75) is 9.79 Å². The number of aromatic carboxylic acids is 1. The number of rotatable bonds is 5. The molecule has 0 fully saturated rings. The summed E-state index contributed by atoms with van der Waals surface area (Å²) in [5.41, 5.74) is 0.266. The highest BCUT2D eigenvalue weighted by atomic mass is 35.5. The first-order valence-electron chi connectivity index (χ1n) is 8.83. The Morgan fingerprint density at radius 2 is 1.72 bits per heavy atom. The third kappa shape index (κ3) is 3.86. The lowest BCUT2D eigenvalue weighted by Gasteiger charge is -2.13. The monoisotopic (exact) mass is 495 g/mol. The third-order valence-corrected chi connectivity index (χ3v) is 7.02. The van der Waals surface area contributed by atoms with Crippen molar-refractivity contribution in [2.75, 3.05) is 0 Å². The maximum atomic E-state index is 13.2. The van der Waals surface area contributed by atoms with Crippen LogP contribution in [-0.2, 0) is 9.84 Å². The Kier molecular flexibility index (Phi) is 5.49. The van der Waals surface area contributed by atoms with E-state index in [1.807, 2.05) is 0 Å². The zero-order valence-corrected chi connectivity index (χ0v) is 18.1. The zero-order valence-electron chi connectivity index (χ0n) is 15.8. The molecule has 1 aromatic heterocycles. The molecule has 0 bridgehead atoms. The Labute approximate surface area is 190 Å². The summed E-state index contributed by atoms with van der Waals surface area (Å²) in [5, 5.41) is 19.7. The van der Waals surface area contributed by atoms with Crippen LogP contribution in [-0.4, -0.2) is 29.6 Å². The second-order valence-corrected chi connectivity index (χ2v) is 9.34. The number of phenols is 1. The second-order valence-electron chi connectivity index (χ2n) is 6.64. The van der Waals surface area contributed by atoms with Crippen molar-refractivity contribution in [3.8, 4) is 17.2 Å². The number of carboxylic acid groups (broad SMARTS) is 1. The van der Waals surface area contributed by atoms with E-state index in [2.05, 4.69) is 4.98 Å². The van der Waals surface area contributed by atoms with Gasteiger partial charge in [-0.2, -0.15) is 0 Å². The fraction of sp³-hybridized carbons (Fsp3) is 0. The molecule has 0 amide bonds. The second kappa shape index (κ2) is 8.01. The number of fused-ring (bicyclic) bond motifs is 1. The van der Waals surface area contributed by atoms with Gasteiger partial charge in [0.2, 0.25) is 9.84 Å². The first-order valence-corrected chi connectivity index (χ1v) is 11.1. The van der Waals surface area contributed by atoms with E-state index in [0.717, 1.165) is 36.4 Å². The number of nitrogens with one attached hydrogen (secondary N) is 1. The van der Waals surface area contributed by atoms with Crippen LogP contribution >= 0.6 is 23.2 Å². The van der Waals surface area contributed by atoms with Gasteiger partial charge in [-0.05, 0) is 48.5 Å². The molecular weight excluding hydrogens is 484 g/mol. The minimum absolute atomic E-state index is 0.00673. The Morgan fingerprint density at radius 3 is 2.38 bits per heavy atom. The van der Waals surface area contributed by atoms with Gasteiger partial charge in [0.25, 0.3) is 0 Å². The molecule has 0 unspecified atom stereocenters. The first kappa shape index (κ1) is 21.9. The molecule has 7 nitrogen and oxygen atoms in total. The molecule has 0 aliphatic rings. The quantitative estimate of drug-likeness (QED) is 0.308. The summed E-state index contributed by atoms with van der Waals surface area (Å²) < 4.78 is 44.7. The van der Waals surface area contributed by atoms with Crippen LogP contribution in [0.2, 0.25) is 10.0 Å². The van der Waals surface area contributed by atoms with Crippen LogP contribution in [0.5, 0.6) is 17.2 Å². The van der Waals surface area contributed by atoms with Crippen LogP contribution < -0.4 is 4.74 Å². The molecule has 0 aliphatic carbocycles. The van der Waals surface area contributed by atoms with Gasteiger partial charge in [0.1, 0.15) is 27.9 Å². The lowest BCUT2D eigenvalue weighted by molar-refractivity contribution is 0.0691. The molecule has 4 rings (SSSR count). The number of carboxylic acids is 1. The van der Waals surface area contributed by atoms with E-state index in [1.54, 1.807) is 0 Å². The minimum atomic E-state index is -4.20. The van der Waals surface area contributed by atoms with Gasteiger partial charge in [0, 0.05) is 17.0 Å². The Hall–Kier alpha value is -3.27. The number of aromatic hydroxyl groups is 1. The van der Waals surface area contributed by atoms with E-state index >= 15 is 0 Å². The molecule has 0 saturated carbocycles. The topological polar surface area (TPSA) is 117 Å². The average Bonchev–Trinajstić information content (AvgIpc) is 3.17. The van der Waals surface area contributed by atoms with E-state index in [1.165, 1.54) is 18.2 Å². The number of aromatic amines is 1. The average molecular weight is 496 g/mol. The van der Waals surface area contributed by atoms with Crippen LogP contribution in [0.1, 0.15) is 10.5 Å². The van der Waals surface area contributed by atoms with Gasteiger partial charge in [-0.25, -0.2) is 17.6 Å². The van der Waals surface area contributed by atoms with Gasteiger partial charge in [-0.3, -0.25) is 0 Å². The molecule has 164 valence electrons. The van der Waals surface area contributed by atoms with Gasteiger partial charge in [-0.15, -0.1) is 0 Å². The van der Waals surface area contributed by atoms with Crippen molar-refractivity contribution in [2.24, 2.45) is 0 Å². The molecule has 1 heterocycles. The summed E-state index contributed by atoms with van der Waals surface area (Å²) in [6.45, 7) is 0. The molecular formula is C21H12Cl2FNO6S. The highest BCUT2D eigenvalue weighted by molar-refractivity contribution is 7.91. The summed E-state index contributed by atoms with van der Waals surface area (Å²) in [7, 11) is -4.20. The molecule has 0 radical (unpaired) electrons. The molecule has 3 aromatic carbocycles. The lowest BCUT2D eigenvalue weighted by atomic mass is 10.2. The highest BCUT2D eigenvalue weighted by Gasteiger charge is 2.24. The third-order valence-electron chi connectivity index (χ3n) is 4.57. The van der Waals surface area contributed by atoms with E-state index in [-0.39, 0.29) is 32.1 Å². The molecule has 4 aromatic rings. The Morgan fingerprint density at radius 1 is 1.03 bits per heavy atom. The summed E-state index contributed by atoms with van der Waals surface area (Å²) in [6, 6.07) is 10.3. The fourth-order valence-electron chi connectivity index (χ4n) is 3.03. The predicted molar refractivity (Wildman–Crippen MR) is 115 cm³/mol. The number of H-pyrrole nitrogens is 1. The van der Waals surface area contributed by atoms with Gasteiger partial charge in [-0.1, -0.05) is 23.2 Å². The van der Waals surface area contributed by atoms with Gasteiger partial charge in [0.15, 0.2) is 5.75 Å². The zero-order chi connectivity index (χ0) is 23.2. The van der Waals surface area contributed by atoms with E-state index in [0.29, 0.717) is 10.9 Å². The van der Waals surface area contributed by atoms with Gasteiger partial charge >= 0.3 is 5.97 Å². The molecule has 3 N–H and O–H groups in total. The van der Waals surface area contributed by atoms with Crippen LogP contribution in [0, 0.1) is 5.82 Å². The van der Waals surface area contributed by atoms with Gasteiger partial charge in [0.05, 0.1) is 14.9 Å². The van der Waals surface area contributed by atoms with Crippen molar-refractivity contribution in [1.82, 2.24) is 4.98 Å². The maximum Gasteiger partial charge on any atom is 0.352 e. The number of hydrogen-bond acceptors (Lipinski definition) is 5. The number of hydrogen-bond donors (Lipinski definition) is 3. The molecule has 0 aliphatic heterocycles. The van der Waals surface area contributed by atoms with Crippen LogP contribution in [0.15, 0.2) is 64.4 Å². The van der Waals surface area contributed by atoms with Crippen LogP contribution in [0.4, 0.5) is 4.39 Å². The largest absolute Gasteiger partial charge is 0.507 e. The number of aromatic nitrogens is 1. The fourth-order valence-corrected chi connectivity index (χ4v) is 4.98. The van der Waals surface area contributed by atoms with E-state index in [9.17, 15) is 22.7 Å². The normalized spacial score (nSPS) is 11.6. The Balaban J connectivity index is 1.77. The van der Waals surface area contributed by atoms with E-state index in [4.69, 9.17) is 33.0 Å². The number of halogens is 3. The number of carbonyl (C=O) groups is 1. The van der Waals surface area contributed by atoms with Crippen molar-refractivity contribution in [1.29, 1.82) is 0 Å². The van der Waals surface area contributed by atoms with Gasteiger partial charge < -0.3 is 19.9 Å². The standard InChI is InChI=1S/C21H12Cl2FNO6S/c22-14-9-15-13(8-16(25-15)21(27)28)19(23)20(14)31-11-3-6-17(26)18(7-11)32(29,30)12-4-1-10(24)2-5-12/h1-9,25-26H,(H,27,28). The minimum Gasteiger partial charge on any atom is -0.507 e. The molecule has 0 spiro atoms. The molecule has 0 saturated heterocycles. The number of phenolic OH excluding ortho intramolecular Hbond substituents is 1. The number of benzene rings is 3. The highest BCUT2D eigenvalue weighted by Crippen LogP contribution is 2.43. The van der Waals surface area contributed by atoms with Crippen LogP contribution in [0.3, 0.4) is 0 Å². The summed E-state index contributed by atoms with van der Waals surface area (Å²) in [4.78, 5) is 13.2. The number of sulfone groups is 1. The van der Waals surface area contributed by atoms with Crippen molar-refractivity contribution < 1.29 is 32.6 Å². The summed E-state index contributed by atoms with van der Waals surface area (Å²) >= 11 is 12.6. The predicted octanol–water partition coefficient (Wildman–Crippen LogP) is 5.64. The van der Waals surface area contributed by atoms with Crippen molar-refractivity contribution >= 4 is 49.9 Å². The molecule has 0 atom stereocenters. The Bertz CT molecular complexity index is 1480. The SMILES string of the molecule is O=C(O)c1cc2c(Cl)c(Oc3ccc(O)c(S(=O)(=O)c4ccc(F)cc4)c3)c(Cl)cc2[nH]1. The summed E-state index contributed by atoms with van der Waals surface area (Å²) in [5.74, 6) is -2.38.